The Morgan fingerprint density at radius 1 is 1.09 bits per heavy atom. The summed E-state index contributed by atoms with van der Waals surface area (Å²) in [6, 6.07) is 2.65. The van der Waals surface area contributed by atoms with Gasteiger partial charge in [-0.3, -0.25) is 4.90 Å². The molecule has 1 saturated carbocycles. The molecule has 0 spiro atoms. The third-order valence-electron chi connectivity index (χ3n) is 4.48. The molecule has 1 N–H and O–H groups in total. The van der Waals surface area contributed by atoms with Crippen LogP contribution in [0.15, 0.2) is 16.6 Å². The van der Waals surface area contributed by atoms with Crippen molar-refractivity contribution in [3.63, 3.8) is 0 Å². The van der Waals surface area contributed by atoms with Gasteiger partial charge in [0.1, 0.15) is 11.6 Å². The summed E-state index contributed by atoms with van der Waals surface area (Å²) in [5.74, 6) is -0.460. The summed E-state index contributed by atoms with van der Waals surface area (Å²) in [5, 5.41) is 3.30. The van der Waals surface area contributed by atoms with Crippen LogP contribution < -0.4 is 5.32 Å². The fourth-order valence-corrected chi connectivity index (χ4v) is 3.67. The van der Waals surface area contributed by atoms with Crippen LogP contribution >= 0.6 is 40.7 Å². The molecule has 3 rings (SSSR count). The van der Waals surface area contributed by atoms with E-state index in [2.05, 4.69) is 26.1 Å². The van der Waals surface area contributed by atoms with Crippen LogP contribution in [0.4, 0.5) is 8.78 Å². The molecular weight excluding hydrogens is 397 g/mol. The first-order valence-corrected chi connectivity index (χ1v) is 8.05. The zero-order valence-electron chi connectivity index (χ0n) is 12.2. The van der Waals surface area contributed by atoms with Gasteiger partial charge in [0.05, 0.1) is 0 Å². The van der Waals surface area contributed by atoms with Crippen LogP contribution in [-0.2, 0) is 0 Å². The van der Waals surface area contributed by atoms with E-state index in [-0.39, 0.29) is 36.4 Å². The molecule has 2 nitrogen and oxygen atoms in total. The van der Waals surface area contributed by atoms with Crippen molar-refractivity contribution >= 4 is 40.7 Å². The fourth-order valence-electron chi connectivity index (χ4n) is 3.27. The normalized spacial score (nSPS) is 20.5. The predicted molar refractivity (Wildman–Crippen MR) is 93.1 cm³/mol. The summed E-state index contributed by atoms with van der Waals surface area (Å²) < 4.78 is 29.1. The van der Waals surface area contributed by atoms with Crippen LogP contribution in [0.3, 0.4) is 0 Å². The van der Waals surface area contributed by atoms with E-state index < -0.39 is 11.6 Å². The third kappa shape index (κ3) is 4.12. The number of piperazine rings is 1. The Morgan fingerprint density at radius 3 is 2.09 bits per heavy atom. The smallest absolute Gasteiger partial charge is 0.132 e. The summed E-state index contributed by atoms with van der Waals surface area (Å²) in [6.45, 7) is 3.50. The molecule has 0 amide bonds. The van der Waals surface area contributed by atoms with Crippen LogP contribution in [0.25, 0.3) is 0 Å². The van der Waals surface area contributed by atoms with Gasteiger partial charge in [-0.05, 0) is 30.9 Å². The van der Waals surface area contributed by atoms with E-state index >= 15 is 0 Å². The Kier molecular flexibility index (Phi) is 8.03. The van der Waals surface area contributed by atoms with Gasteiger partial charge in [-0.25, -0.2) is 8.78 Å². The highest BCUT2D eigenvalue weighted by molar-refractivity contribution is 9.10. The molecule has 22 heavy (non-hydrogen) atoms. The summed E-state index contributed by atoms with van der Waals surface area (Å²) in [6.07, 6.45) is 3.32. The molecule has 1 aromatic rings. The SMILES string of the molecule is Cl.Cl.Fc1cc(Br)cc(F)c1[C@H](C1CCC1)N1CCNCC1. The molecule has 126 valence electrons. The topological polar surface area (TPSA) is 15.3 Å². The Hall–Kier alpha value is 0.0600. The van der Waals surface area contributed by atoms with Crippen LogP contribution in [0.2, 0.25) is 0 Å². The monoisotopic (exact) mass is 416 g/mol. The minimum Gasteiger partial charge on any atom is -0.314 e. The van der Waals surface area contributed by atoms with Gasteiger partial charge in [-0.15, -0.1) is 24.8 Å². The lowest BCUT2D eigenvalue weighted by Gasteiger charge is -2.43. The zero-order valence-corrected chi connectivity index (χ0v) is 15.4. The summed E-state index contributed by atoms with van der Waals surface area (Å²) >= 11 is 3.16. The van der Waals surface area contributed by atoms with Gasteiger partial charge in [0, 0.05) is 42.3 Å². The van der Waals surface area contributed by atoms with Crippen LogP contribution in [-0.4, -0.2) is 31.1 Å². The lowest BCUT2D eigenvalue weighted by atomic mass is 9.76. The van der Waals surface area contributed by atoms with Gasteiger partial charge in [0.2, 0.25) is 0 Å². The number of nitrogens with zero attached hydrogens (tertiary/aromatic N) is 1. The summed E-state index contributed by atoms with van der Waals surface area (Å²) in [7, 11) is 0. The first kappa shape index (κ1) is 20.1. The highest BCUT2D eigenvalue weighted by Crippen LogP contribution is 2.43. The van der Waals surface area contributed by atoms with Gasteiger partial charge >= 0.3 is 0 Å². The van der Waals surface area contributed by atoms with Crippen molar-refractivity contribution in [3.05, 3.63) is 33.8 Å². The average molecular weight is 418 g/mol. The van der Waals surface area contributed by atoms with E-state index in [1.165, 1.54) is 18.6 Å². The lowest BCUT2D eigenvalue weighted by molar-refractivity contribution is 0.0784. The van der Waals surface area contributed by atoms with Crippen molar-refractivity contribution in [2.75, 3.05) is 26.2 Å². The standard InChI is InChI=1S/C15H19BrF2N2.2ClH/c16-11-8-12(17)14(13(18)9-11)15(10-2-1-3-10)20-6-4-19-5-7-20;;/h8-10,15,19H,1-7H2;2*1H/t15-;;/m0../s1. The second kappa shape index (κ2) is 8.78. The second-order valence-corrected chi connectivity index (χ2v) is 6.62. The van der Waals surface area contributed by atoms with Gasteiger partial charge < -0.3 is 5.32 Å². The van der Waals surface area contributed by atoms with E-state index in [1.807, 2.05) is 0 Å². The maximum atomic E-state index is 14.3. The summed E-state index contributed by atoms with van der Waals surface area (Å²) in [5.41, 5.74) is 0.264. The number of benzene rings is 1. The number of rotatable bonds is 3. The molecule has 1 saturated heterocycles. The maximum Gasteiger partial charge on any atom is 0.132 e. The van der Waals surface area contributed by atoms with Gasteiger partial charge in [0.15, 0.2) is 0 Å². The molecule has 1 aliphatic carbocycles. The Bertz CT molecular complexity index is 471. The largest absolute Gasteiger partial charge is 0.314 e. The number of nitrogens with one attached hydrogen (secondary N) is 1. The Morgan fingerprint density at radius 2 is 1.64 bits per heavy atom. The predicted octanol–water partition coefficient (Wildman–Crippen LogP) is 4.32. The molecule has 2 fully saturated rings. The van der Waals surface area contributed by atoms with Crippen molar-refractivity contribution in [1.82, 2.24) is 10.2 Å². The second-order valence-electron chi connectivity index (χ2n) is 5.70. The van der Waals surface area contributed by atoms with Crippen molar-refractivity contribution < 1.29 is 8.78 Å². The van der Waals surface area contributed by atoms with E-state index in [0.29, 0.717) is 10.4 Å². The molecule has 0 radical (unpaired) electrons. The number of hydrogen-bond donors (Lipinski definition) is 1. The highest BCUT2D eigenvalue weighted by Gasteiger charge is 2.36. The van der Waals surface area contributed by atoms with Crippen LogP contribution in [0, 0.1) is 17.6 Å². The highest BCUT2D eigenvalue weighted by atomic mass is 79.9. The first-order chi connectivity index (χ1) is 9.66. The third-order valence-corrected chi connectivity index (χ3v) is 4.94. The van der Waals surface area contributed by atoms with Gasteiger partial charge in [-0.1, -0.05) is 22.4 Å². The first-order valence-electron chi connectivity index (χ1n) is 7.26. The Balaban J connectivity index is 0.00000121. The Labute approximate surface area is 151 Å². The number of hydrogen-bond acceptors (Lipinski definition) is 2. The molecule has 1 aromatic carbocycles. The summed E-state index contributed by atoms with van der Waals surface area (Å²) in [4.78, 5) is 2.25. The number of halogens is 5. The zero-order chi connectivity index (χ0) is 14.1. The molecule has 0 unspecified atom stereocenters. The van der Waals surface area contributed by atoms with E-state index in [4.69, 9.17) is 0 Å². The lowest BCUT2D eigenvalue weighted by Crippen LogP contribution is -2.48. The van der Waals surface area contributed by atoms with Crippen molar-refractivity contribution in [1.29, 1.82) is 0 Å². The van der Waals surface area contributed by atoms with Crippen LogP contribution in [0.5, 0.6) is 0 Å². The molecule has 2 aliphatic rings. The fraction of sp³-hybridized carbons (Fsp3) is 0.600. The van der Waals surface area contributed by atoms with Gasteiger partial charge in [-0.2, -0.15) is 0 Å². The molecular formula is C15H21BrCl2F2N2. The van der Waals surface area contributed by atoms with Crippen LogP contribution in [0.1, 0.15) is 30.9 Å². The molecule has 1 atom stereocenters. The minimum absolute atomic E-state index is 0. The van der Waals surface area contributed by atoms with Gasteiger partial charge in [0.25, 0.3) is 0 Å². The van der Waals surface area contributed by atoms with E-state index in [1.54, 1.807) is 0 Å². The molecule has 0 bridgehead atoms. The molecule has 0 aromatic heterocycles. The molecule has 1 heterocycles. The quantitative estimate of drug-likeness (QED) is 0.787. The average Bonchev–Trinajstić information content (AvgIpc) is 2.35. The van der Waals surface area contributed by atoms with Crippen molar-refractivity contribution in [2.45, 2.75) is 25.3 Å². The van der Waals surface area contributed by atoms with E-state index in [0.717, 1.165) is 39.0 Å². The van der Waals surface area contributed by atoms with E-state index in [9.17, 15) is 8.78 Å². The minimum atomic E-state index is -0.424. The van der Waals surface area contributed by atoms with Crippen molar-refractivity contribution in [3.8, 4) is 0 Å². The molecule has 1 aliphatic heterocycles. The maximum absolute atomic E-state index is 14.3. The molecule has 7 heteroatoms. The van der Waals surface area contributed by atoms with Crippen molar-refractivity contribution in [2.24, 2.45) is 5.92 Å².